The minimum Gasteiger partial charge on any atom is -0.300 e. The van der Waals surface area contributed by atoms with E-state index in [0.717, 1.165) is 11.8 Å². The molecule has 3 heteroatoms. The number of piperazine rings is 1. The van der Waals surface area contributed by atoms with Gasteiger partial charge in [0.2, 0.25) is 0 Å². The molecule has 0 bridgehead atoms. The van der Waals surface area contributed by atoms with Crippen molar-refractivity contribution in [3.63, 3.8) is 0 Å². The SMILES string of the molecule is CC(C)(C)C(CS)CN1CCN2CCCC2C1. The lowest BCUT2D eigenvalue weighted by molar-refractivity contribution is 0.0759. The van der Waals surface area contributed by atoms with Gasteiger partial charge in [-0.25, -0.2) is 0 Å². The molecule has 0 aliphatic carbocycles. The van der Waals surface area contributed by atoms with Crippen LogP contribution in [0.4, 0.5) is 0 Å². The number of hydrogen-bond acceptors (Lipinski definition) is 3. The molecule has 0 amide bonds. The van der Waals surface area contributed by atoms with Crippen molar-refractivity contribution < 1.29 is 0 Å². The van der Waals surface area contributed by atoms with Gasteiger partial charge in [0.15, 0.2) is 0 Å². The zero-order valence-corrected chi connectivity index (χ0v) is 12.5. The highest BCUT2D eigenvalue weighted by Crippen LogP contribution is 2.29. The molecule has 2 aliphatic rings. The Morgan fingerprint density at radius 3 is 2.65 bits per heavy atom. The number of nitrogens with zero attached hydrogens (tertiary/aromatic N) is 2. The average Bonchev–Trinajstić information content (AvgIpc) is 2.71. The van der Waals surface area contributed by atoms with Crippen molar-refractivity contribution in [3.05, 3.63) is 0 Å². The zero-order chi connectivity index (χ0) is 12.5. The van der Waals surface area contributed by atoms with Crippen molar-refractivity contribution >= 4 is 12.6 Å². The van der Waals surface area contributed by atoms with E-state index in [2.05, 4.69) is 43.2 Å². The van der Waals surface area contributed by atoms with Gasteiger partial charge in [0.1, 0.15) is 0 Å². The van der Waals surface area contributed by atoms with Gasteiger partial charge in [0.25, 0.3) is 0 Å². The molecule has 17 heavy (non-hydrogen) atoms. The summed E-state index contributed by atoms with van der Waals surface area (Å²) >= 11 is 4.55. The van der Waals surface area contributed by atoms with Crippen molar-refractivity contribution in [1.29, 1.82) is 0 Å². The lowest BCUT2D eigenvalue weighted by atomic mass is 9.81. The van der Waals surface area contributed by atoms with Crippen LogP contribution in [0, 0.1) is 11.3 Å². The van der Waals surface area contributed by atoms with Crippen LogP contribution in [0.3, 0.4) is 0 Å². The Morgan fingerprint density at radius 2 is 2.00 bits per heavy atom. The first-order valence-electron chi connectivity index (χ1n) is 7.08. The van der Waals surface area contributed by atoms with Crippen LogP contribution in [0.15, 0.2) is 0 Å². The minimum atomic E-state index is 0.383. The maximum Gasteiger partial charge on any atom is 0.0224 e. The van der Waals surface area contributed by atoms with E-state index in [9.17, 15) is 0 Å². The predicted octanol–water partition coefficient (Wildman–Crippen LogP) is 2.36. The Labute approximate surface area is 112 Å². The van der Waals surface area contributed by atoms with E-state index >= 15 is 0 Å². The van der Waals surface area contributed by atoms with E-state index in [1.807, 2.05) is 0 Å². The molecular formula is C14H28N2S. The predicted molar refractivity (Wildman–Crippen MR) is 77.8 cm³/mol. The van der Waals surface area contributed by atoms with E-state index in [-0.39, 0.29) is 0 Å². The molecule has 0 aromatic carbocycles. The summed E-state index contributed by atoms with van der Waals surface area (Å²) in [6, 6.07) is 0.851. The molecule has 0 spiro atoms. The molecule has 2 nitrogen and oxygen atoms in total. The van der Waals surface area contributed by atoms with E-state index in [1.54, 1.807) is 0 Å². The monoisotopic (exact) mass is 256 g/mol. The largest absolute Gasteiger partial charge is 0.300 e. The van der Waals surface area contributed by atoms with E-state index in [4.69, 9.17) is 0 Å². The number of thiol groups is 1. The third-order valence-corrected chi connectivity index (χ3v) is 5.04. The van der Waals surface area contributed by atoms with E-state index in [0.29, 0.717) is 11.3 Å². The topological polar surface area (TPSA) is 6.48 Å². The standard InChI is InChI=1S/C14H28N2S/c1-14(2,3)12(11-17)9-15-7-8-16-6-4-5-13(16)10-15/h12-13,17H,4-11H2,1-3H3. The van der Waals surface area contributed by atoms with Crippen LogP contribution in [0.5, 0.6) is 0 Å². The molecule has 2 rings (SSSR count). The average molecular weight is 256 g/mol. The van der Waals surface area contributed by atoms with Crippen molar-refractivity contribution in [2.24, 2.45) is 11.3 Å². The summed E-state index contributed by atoms with van der Waals surface area (Å²) in [6.07, 6.45) is 2.82. The molecule has 2 atom stereocenters. The van der Waals surface area contributed by atoms with Gasteiger partial charge in [-0.05, 0) is 36.5 Å². The fourth-order valence-electron chi connectivity index (χ4n) is 3.14. The Kier molecular flexibility index (Phi) is 4.43. The summed E-state index contributed by atoms with van der Waals surface area (Å²) in [5, 5.41) is 0. The Bertz CT molecular complexity index is 249. The highest BCUT2D eigenvalue weighted by Gasteiger charge is 2.33. The summed E-state index contributed by atoms with van der Waals surface area (Å²) in [6.45, 7) is 13.5. The van der Waals surface area contributed by atoms with Crippen LogP contribution in [-0.4, -0.2) is 54.3 Å². The van der Waals surface area contributed by atoms with Crippen molar-refractivity contribution in [3.8, 4) is 0 Å². The Balaban J connectivity index is 1.86. The van der Waals surface area contributed by atoms with Crippen LogP contribution in [-0.2, 0) is 0 Å². The van der Waals surface area contributed by atoms with Gasteiger partial charge >= 0.3 is 0 Å². The molecule has 0 N–H and O–H groups in total. The van der Waals surface area contributed by atoms with Crippen LogP contribution < -0.4 is 0 Å². The first-order chi connectivity index (χ1) is 8.00. The van der Waals surface area contributed by atoms with Crippen molar-refractivity contribution in [1.82, 2.24) is 9.80 Å². The fourth-order valence-corrected chi connectivity index (χ4v) is 3.80. The zero-order valence-electron chi connectivity index (χ0n) is 11.7. The van der Waals surface area contributed by atoms with Crippen molar-refractivity contribution in [2.75, 3.05) is 38.5 Å². The lowest BCUT2D eigenvalue weighted by Gasteiger charge is -2.41. The molecule has 0 radical (unpaired) electrons. The lowest BCUT2D eigenvalue weighted by Crippen LogP contribution is -2.52. The first-order valence-corrected chi connectivity index (χ1v) is 7.71. The third kappa shape index (κ3) is 3.39. The van der Waals surface area contributed by atoms with Crippen LogP contribution in [0.25, 0.3) is 0 Å². The fraction of sp³-hybridized carbons (Fsp3) is 1.00. The third-order valence-electron chi connectivity index (χ3n) is 4.60. The number of rotatable bonds is 3. The van der Waals surface area contributed by atoms with Gasteiger partial charge in [0, 0.05) is 32.2 Å². The van der Waals surface area contributed by atoms with Crippen molar-refractivity contribution in [2.45, 2.75) is 39.7 Å². The van der Waals surface area contributed by atoms with Crippen LogP contribution >= 0.6 is 12.6 Å². The van der Waals surface area contributed by atoms with Gasteiger partial charge in [0.05, 0.1) is 0 Å². The molecule has 2 fully saturated rings. The summed E-state index contributed by atoms with van der Waals surface area (Å²) in [5.74, 6) is 1.72. The quantitative estimate of drug-likeness (QED) is 0.775. The van der Waals surface area contributed by atoms with Gasteiger partial charge in [-0.1, -0.05) is 20.8 Å². The molecule has 0 aromatic heterocycles. The molecule has 100 valence electrons. The maximum absolute atomic E-state index is 4.55. The molecular weight excluding hydrogens is 228 g/mol. The van der Waals surface area contributed by atoms with Gasteiger partial charge in [-0.2, -0.15) is 12.6 Å². The molecule has 0 aromatic rings. The smallest absolute Gasteiger partial charge is 0.0224 e. The van der Waals surface area contributed by atoms with E-state index < -0.39 is 0 Å². The molecule has 2 aliphatic heterocycles. The highest BCUT2D eigenvalue weighted by molar-refractivity contribution is 7.80. The molecule has 2 heterocycles. The van der Waals surface area contributed by atoms with Gasteiger partial charge < -0.3 is 4.90 Å². The minimum absolute atomic E-state index is 0.383. The number of hydrogen-bond donors (Lipinski definition) is 1. The van der Waals surface area contributed by atoms with Gasteiger partial charge in [-0.3, -0.25) is 4.90 Å². The first kappa shape index (κ1) is 13.7. The number of fused-ring (bicyclic) bond motifs is 1. The summed E-state index contributed by atoms with van der Waals surface area (Å²) in [5.41, 5.74) is 0.383. The Hall–Kier alpha value is 0.270. The van der Waals surface area contributed by atoms with Gasteiger partial charge in [-0.15, -0.1) is 0 Å². The summed E-state index contributed by atoms with van der Waals surface area (Å²) in [4.78, 5) is 5.36. The second-order valence-electron chi connectivity index (χ2n) is 6.84. The van der Waals surface area contributed by atoms with Crippen LogP contribution in [0.1, 0.15) is 33.6 Å². The molecule has 2 saturated heterocycles. The normalized spacial score (nSPS) is 29.3. The van der Waals surface area contributed by atoms with E-state index in [1.165, 1.54) is 45.6 Å². The Morgan fingerprint density at radius 1 is 1.24 bits per heavy atom. The summed E-state index contributed by atoms with van der Waals surface area (Å²) < 4.78 is 0. The maximum atomic E-state index is 4.55. The molecule has 0 saturated carbocycles. The summed E-state index contributed by atoms with van der Waals surface area (Å²) in [7, 11) is 0. The highest BCUT2D eigenvalue weighted by atomic mass is 32.1. The second-order valence-corrected chi connectivity index (χ2v) is 7.20. The van der Waals surface area contributed by atoms with Crippen LogP contribution in [0.2, 0.25) is 0 Å². The second kappa shape index (κ2) is 5.50. The molecule has 2 unspecified atom stereocenters.